The third kappa shape index (κ3) is 9.07. The van der Waals surface area contributed by atoms with Crippen LogP contribution < -0.4 is 0 Å². The number of ketones is 1. The van der Waals surface area contributed by atoms with Gasteiger partial charge in [-0.2, -0.15) is 0 Å². The monoisotopic (exact) mass is 446 g/mol. The van der Waals surface area contributed by atoms with E-state index in [9.17, 15) is 9.90 Å². The molecular formula is C28H43ClO2. The van der Waals surface area contributed by atoms with E-state index >= 15 is 0 Å². The Hall–Kier alpha value is -1.80. The maximum atomic E-state index is 10.9. The van der Waals surface area contributed by atoms with Gasteiger partial charge in [0, 0.05) is 11.4 Å². The molecule has 0 amide bonds. The number of benzene rings is 2. The van der Waals surface area contributed by atoms with E-state index in [4.69, 9.17) is 11.6 Å². The molecule has 0 spiro atoms. The van der Waals surface area contributed by atoms with Crippen molar-refractivity contribution in [3.05, 3.63) is 63.2 Å². The number of hydrogen-bond acceptors (Lipinski definition) is 2. The second kappa shape index (κ2) is 13.6. The van der Waals surface area contributed by atoms with Gasteiger partial charge in [0.1, 0.15) is 11.5 Å². The Kier molecular flexibility index (Phi) is 12.8. The Morgan fingerprint density at radius 3 is 2.10 bits per heavy atom. The largest absolute Gasteiger partial charge is 0.508 e. The Morgan fingerprint density at radius 1 is 1.06 bits per heavy atom. The average Bonchev–Trinajstić information content (AvgIpc) is 2.69. The molecule has 31 heavy (non-hydrogen) atoms. The fourth-order valence-electron chi connectivity index (χ4n) is 3.55. The third-order valence-corrected chi connectivity index (χ3v) is 5.43. The molecular weight excluding hydrogens is 404 g/mol. The van der Waals surface area contributed by atoms with Gasteiger partial charge >= 0.3 is 0 Å². The van der Waals surface area contributed by atoms with E-state index in [0.29, 0.717) is 22.1 Å². The van der Waals surface area contributed by atoms with Crippen molar-refractivity contribution < 1.29 is 9.90 Å². The molecule has 174 valence electrons. The number of phenolic OH excluding ortho intramolecular Hbond substituents is 1. The van der Waals surface area contributed by atoms with Crippen molar-refractivity contribution in [2.24, 2.45) is 0 Å². The number of rotatable bonds is 5. The lowest BCUT2D eigenvalue weighted by Crippen LogP contribution is -2.16. The van der Waals surface area contributed by atoms with Gasteiger partial charge in [-0.05, 0) is 71.6 Å². The second-order valence-corrected chi connectivity index (χ2v) is 9.48. The van der Waals surface area contributed by atoms with Gasteiger partial charge in [0.05, 0.1) is 0 Å². The van der Waals surface area contributed by atoms with E-state index in [1.165, 1.54) is 37.0 Å². The number of phenols is 1. The van der Waals surface area contributed by atoms with E-state index in [1.54, 1.807) is 18.6 Å². The van der Waals surface area contributed by atoms with Crippen LogP contribution in [0.25, 0.3) is 0 Å². The molecule has 0 bridgehead atoms. The summed E-state index contributed by atoms with van der Waals surface area (Å²) in [5, 5.41) is 9.90. The number of Topliss-reactive ketones (excluding diaryl/α,β-unsaturated/α-hetero) is 1. The minimum absolute atomic E-state index is 0.0376. The smallest absolute Gasteiger partial charge is 0.134 e. The fraction of sp³-hybridized carbons (Fsp3) is 0.536. The molecule has 0 heterocycles. The maximum Gasteiger partial charge on any atom is 0.134 e. The zero-order valence-corrected chi connectivity index (χ0v) is 22.1. The maximum absolute atomic E-state index is 10.9. The summed E-state index contributed by atoms with van der Waals surface area (Å²) in [6.45, 7) is 21.0. The molecule has 0 unspecified atom stereocenters. The summed E-state index contributed by atoms with van der Waals surface area (Å²) in [6, 6.07) is 9.94. The minimum atomic E-state index is 0.0376. The molecule has 2 aromatic rings. The van der Waals surface area contributed by atoms with Crippen molar-refractivity contribution in [1.82, 2.24) is 0 Å². The molecule has 0 atom stereocenters. The Bertz CT molecular complexity index is 830. The van der Waals surface area contributed by atoms with Gasteiger partial charge in [-0.25, -0.2) is 0 Å². The van der Waals surface area contributed by atoms with Crippen LogP contribution in [0, 0.1) is 6.92 Å². The van der Waals surface area contributed by atoms with Crippen LogP contribution in [0.4, 0.5) is 0 Å². The zero-order chi connectivity index (χ0) is 24.4. The van der Waals surface area contributed by atoms with Crippen molar-refractivity contribution >= 4 is 17.4 Å². The molecule has 0 saturated heterocycles. The predicted molar refractivity (Wildman–Crippen MR) is 137 cm³/mol. The quantitative estimate of drug-likeness (QED) is 0.499. The first-order valence-electron chi connectivity index (χ1n) is 11.5. The number of carbonyl (C=O) groups excluding carboxylic acids is 1. The van der Waals surface area contributed by atoms with Crippen LogP contribution in [0.1, 0.15) is 102 Å². The van der Waals surface area contributed by atoms with Gasteiger partial charge in [0.2, 0.25) is 0 Å². The van der Waals surface area contributed by atoms with Crippen LogP contribution in [0.15, 0.2) is 30.3 Å². The van der Waals surface area contributed by atoms with Gasteiger partial charge in [0.15, 0.2) is 0 Å². The standard InChI is InChI=1S/C16H26.C10H11ClO2.C2H6/c1-7-9-14-13(12(2)3)10-8-11-15(14)16(4,5)6;1-6(12)5-8-7(2)10(13)4-3-9(8)11;1-2/h8,10-12H,7,9H2,1-6H3;3-4,13H,5H2,1-2H3;1-2H3. The number of halogens is 1. The Morgan fingerprint density at radius 2 is 1.65 bits per heavy atom. The molecule has 3 heteroatoms. The van der Waals surface area contributed by atoms with E-state index in [-0.39, 0.29) is 23.4 Å². The van der Waals surface area contributed by atoms with Gasteiger partial charge in [0.25, 0.3) is 0 Å². The lowest BCUT2D eigenvalue weighted by Gasteiger charge is -2.26. The van der Waals surface area contributed by atoms with Crippen LogP contribution >= 0.6 is 11.6 Å². The number of carbonyl (C=O) groups is 1. The molecule has 2 aromatic carbocycles. The van der Waals surface area contributed by atoms with Crippen LogP contribution in [0.2, 0.25) is 5.02 Å². The molecule has 0 aliphatic rings. The summed E-state index contributed by atoms with van der Waals surface area (Å²) >= 11 is 5.88. The minimum Gasteiger partial charge on any atom is -0.508 e. The zero-order valence-electron chi connectivity index (χ0n) is 21.3. The van der Waals surface area contributed by atoms with Crippen LogP contribution in [-0.4, -0.2) is 10.9 Å². The van der Waals surface area contributed by atoms with Crippen LogP contribution in [0.3, 0.4) is 0 Å². The molecule has 0 aliphatic heterocycles. The first-order valence-corrected chi connectivity index (χ1v) is 11.9. The lowest BCUT2D eigenvalue weighted by molar-refractivity contribution is -0.116. The summed E-state index contributed by atoms with van der Waals surface area (Å²) in [5.41, 5.74) is 6.31. The first-order chi connectivity index (χ1) is 14.4. The van der Waals surface area contributed by atoms with Crippen molar-refractivity contribution in [2.75, 3.05) is 0 Å². The van der Waals surface area contributed by atoms with Crippen LogP contribution in [0.5, 0.6) is 5.75 Å². The first kappa shape index (κ1) is 29.2. The summed E-state index contributed by atoms with van der Waals surface area (Å²) in [5.74, 6) is 0.847. The van der Waals surface area contributed by atoms with E-state index in [0.717, 1.165) is 0 Å². The molecule has 2 nitrogen and oxygen atoms in total. The molecule has 0 fully saturated rings. The highest BCUT2D eigenvalue weighted by Crippen LogP contribution is 2.32. The van der Waals surface area contributed by atoms with Gasteiger partial charge in [-0.15, -0.1) is 0 Å². The third-order valence-electron chi connectivity index (χ3n) is 5.08. The summed E-state index contributed by atoms with van der Waals surface area (Å²) in [4.78, 5) is 10.9. The highest BCUT2D eigenvalue weighted by atomic mass is 35.5. The lowest BCUT2D eigenvalue weighted by atomic mass is 9.79. The SMILES string of the molecule is CC.CC(=O)Cc1c(Cl)ccc(O)c1C.CCCc1c(C(C)C)cccc1C(C)(C)C. The van der Waals surface area contributed by atoms with Crippen molar-refractivity contribution in [3.8, 4) is 5.75 Å². The average molecular weight is 447 g/mol. The molecule has 0 aromatic heterocycles. The number of aromatic hydroxyl groups is 1. The van der Waals surface area contributed by atoms with Crippen molar-refractivity contribution in [3.63, 3.8) is 0 Å². The Balaban J connectivity index is 0.000000547. The van der Waals surface area contributed by atoms with E-state index in [2.05, 4.69) is 59.7 Å². The molecule has 0 aliphatic carbocycles. The van der Waals surface area contributed by atoms with E-state index in [1.807, 2.05) is 13.8 Å². The predicted octanol–water partition coefficient (Wildman–Crippen LogP) is 8.57. The second-order valence-electron chi connectivity index (χ2n) is 9.08. The van der Waals surface area contributed by atoms with Gasteiger partial charge in [-0.3, -0.25) is 4.79 Å². The molecule has 0 radical (unpaired) electrons. The van der Waals surface area contributed by atoms with Crippen LogP contribution in [-0.2, 0) is 23.1 Å². The highest BCUT2D eigenvalue weighted by Gasteiger charge is 2.20. The van der Waals surface area contributed by atoms with Gasteiger partial charge < -0.3 is 5.11 Å². The van der Waals surface area contributed by atoms with E-state index < -0.39 is 0 Å². The normalized spacial score (nSPS) is 10.7. The van der Waals surface area contributed by atoms with Gasteiger partial charge in [-0.1, -0.05) is 91.6 Å². The summed E-state index contributed by atoms with van der Waals surface area (Å²) < 4.78 is 0. The molecule has 1 N–H and O–H groups in total. The topological polar surface area (TPSA) is 37.3 Å². The summed E-state index contributed by atoms with van der Waals surface area (Å²) in [6.07, 6.45) is 2.72. The number of hydrogen-bond donors (Lipinski definition) is 1. The fourth-order valence-corrected chi connectivity index (χ4v) is 3.83. The Labute approximate surface area is 196 Å². The molecule has 2 rings (SSSR count). The van der Waals surface area contributed by atoms with Crippen molar-refractivity contribution in [2.45, 2.75) is 99.8 Å². The molecule has 0 saturated carbocycles. The van der Waals surface area contributed by atoms with Crippen molar-refractivity contribution in [1.29, 1.82) is 0 Å². The highest BCUT2D eigenvalue weighted by molar-refractivity contribution is 6.31. The summed E-state index contributed by atoms with van der Waals surface area (Å²) in [7, 11) is 0.